The summed E-state index contributed by atoms with van der Waals surface area (Å²) in [5.41, 5.74) is 6.14. The molecule has 0 heterocycles. The quantitative estimate of drug-likeness (QED) is 0.417. The highest BCUT2D eigenvalue weighted by molar-refractivity contribution is 5.50. The molecule has 0 radical (unpaired) electrons. The van der Waals surface area contributed by atoms with Gasteiger partial charge < -0.3 is 0 Å². The molecule has 23 heavy (non-hydrogen) atoms. The fourth-order valence-electron chi connectivity index (χ4n) is 3.94. The lowest BCUT2D eigenvalue weighted by atomic mass is 9.76. The third-order valence-corrected chi connectivity index (χ3v) is 5.83. The molecular weight excluding hydrogens is 276 g/mol. The molecule has 0 N–H and O–H groups in total. The first-order valence-electron chi connectivity index (χ1n) is 9.49. The van der Waals surface area contributed by atoms with E-state index in [4.69, 9.17) is 0 Å². The zero-order valence-electron chi connectivity index (χ0n) is 15.4. The zero-order valence-corrected chi connectivity index (χ0v) is 15.4. The first kappa shape index (κ1) is 18.0. The molecule has 2 aliphatic carbocycles. The predicted molar refractivity (Wildman–Crippen MR) is 103 cm³/mol. The minimum absolute atomic E-state index is 0.637. The van der Waals surface area contributed by atoms with E-state index >= 15 is 0 Å². The summed E-state index contributed by atoms with van der Waals surface area (Å²) in [7, 11) is 0. The maximum atomic E-state index is 4.46. The van der Waals surface area contributed by atoms with Crippen LogP contribution >= 0.6 is 0 Å². The molecule has 0 saturated heterocycles. The van der Waals surface area contributed by atoms with Crippen molar-refractivity contribution < 1.29 is 0 Å². The minimum atomic E-state index is 0.637. The van der Waals surface area contributed by atoms with Crippen molar-refractivity contribution in [2.75, 3.05) is 0 Å². The van der Waals surface area contributed by atoms with Gasteiger partial charge in [-0.2, -0.15) is 0 Å². The van der Waals surface area contributed by atoms with Gasteiger partial charge in [-0.3, -0.25) is 0 Å². The first-order chi connectivity index (χ1) is 11.1. The summed E-state index contributed by atoms with van der Waals surface area (Å²) in [6.45, 7) is 15.4. The smallest absolute Gasteiger partial charge is 0.0122 e. The van der Waals surface area contributed by atoms with Crippen LogP contribution in [0.3, 0.4) is 0 Å². The van der Waals surface area contributed by atoms with Gasteiger partial charge in [-0.1, -0.05) is 62.8 Å². The van der Waals surface area contributed by atoms with E-state index in [1.807, 2.05) is 0 Å². The Bertz CT molecular complexity index is 526. The van der Waals surface area contributed by atoms with E-state index in [0.717, 1.165) is 12.8 Å². The second kappa shape index (κ2) is 8.52. The summed E-state index contributed by atoms with van der Waals surface area (Å²) >= 11 is 0. The minimum Gasteiger partial charge on any atom is -0.103 e. The van der Waals surface area contributed by atoms with Gasteiger partial charge in [0.2, 0.25) is 0 Å². The van der Waals surface area contributed by atoms with Crippen LogP contribution in [0.1, 0.15) is 65.7 Å². The molecule has 0 bridgehead atoms. The molecule has 126 valence electrons. The van der Waals surface area contributed by atoms with Crippen LogP contribution in [0.15, 0.2) is 59.8 Å². The number of allylic oxidation sites excluding steroid dienone is 8. The molecule has 0 heteroatoms. The van der Waals surface area contributed by atoms with Crippen LogP contribution in [-0.4, -0.2) is 0 Å². The molecule has 0 spiro atoms. The Hall–Kier alpha value is -1.30. The van der Waals surface area contributed by atoms with Gasteiger partial charge in [0, 0.05) is 0 Å². The Balaban J connectivity index is 2.15. The Morgan fingerprint density at radius 2 is 2.13 bits per heavy atom. The van der Waals surface area contributed by atoms with Crippen molar-refractivity contribution in [1.29, 1.82) is 0 Å². The highest BCUT2D eigenvalue weighted by atomic mass is 14.3. The molecule has 0 fully saturated rings. The number of hydrogen-bond donors (Lipinski definition) is 0. The van der Waals surface area contributed by atoms with Crippen LogP contribution in [0.25, 0.3) is 0 Å². The monoisotopic (exact) mass is 310 g/mol. The van der Waals surface area contributed by atoms with Crippen molar-refractivity contribution >= 4 is 0 Å². The van der Waals surface area contributed by atoms with Gasteiger partial charge in [-0.25, -0.2) is 0 Å². The van der Waals surface area contributed by atoms with Crippen LogP contribution in [0.2, 0.25) is 0 Å². The molecule has 3 atom stereocenters. The van der Waals surface area contributed by atoms with Crippen molar-refractivity contribution in [3.63, 3.8) is 0 Å². The van der Waals surface area contributed by atoms with Crippen LogP contribution in [-0.2, 0) is 0 Å². The van der Waals surface area contributed by atoms with Crippen molar-refractivity contribution in [2.45, 2.75) is 65.7 Å². The summed E-state index contributed by atoms with van der Waals surface area (Å²) in [6, 6.07) is 0. The molecule has 0 aromatic heterocycles. The van der Waals surface area contributed by atoms with Crippen molar-refractivity contribution in [3.8, 4) is 0 Å². The Kier molecular flexibility index (Phi) is 6.69. The Morgan fingerprint density at radius 1 is 1.35 bits per heavy atom. The molecule has 0 saturated carbocycles. The standard InChI is InChI=1S/C23H34/c1-6-10-19(8-3)15-22(17(4)7-2)16-21-14-13-20-11-9-12-23(20)18(21)5/h6,9,12,15,17,19,21H,1,5,7-8,10-11,13-14,16H2,2-4H3. The number of rotatable bonds is 8. The first-order valence-corrected chi connectivity index (χ1v) is 9.49. The van der Waals surface area contributed by atoms with Crippen molar-refractivity contribution in [1.82, 2.24) is 0 Å². The van der Waals surface area contributed by atoms with E-state index < -0.39 is 0 Å². The molecule has 0 aromatic rings. The predicted octanol–water partition coefficient (Wildman–Crippen LogP) is 7.17. The number of hydrogen-bond acceptors (Lipinski definition) is 0. The van der Waals surface area contributed by atoms with Gasteiger partial charge in [-0.05, 0) is 73.8 Å². The normalized spacial score (nSPS) is 23.9. The summed E-state index contributed by atoms with van der Waals surface area (Å²) in [5.74, 6) is 1.96. The lowest BCUT2D eigenvalue weighted by molar-refractivity contribution is 0.492. The average Bonchev–Trinajstić information content (AvgIpc) is 3.04. The summed E-state index contributed by atoms with van der Waals surface area (Å²) < 4.78 is 0. The average molecular weight is 311 g/mol. The third-order valence-electron chi connectivity index (χ3n) is 5.83. The molecule has 0 aliphatic heterocycles. The van der Waals surface area contributed by atoms with Crippen molar-refractivity contribution in [2.24, 2.45) is 17.8 Å². The highest BCUT2D eigenvalue weighted by Crippen LogP contribution is 2.42. The molecule has 0 amide bonds. The molecule has 0 aromatic carbocycles. The summed E-state index contributed by atoms with van der Waals surface area (Å²) in [6.07, 6.45) is 17.7. The largest absolute Gasteiger partial charge is 0.103 e. The second-order valence-electron chi connectivity index (χ2n) is 7.33. The van der Waals surface area contributed by atoms with Gasteiger partial charge in [-0.15, -0.1) is 6.58 Å². The Labute approximate surface area is 143 Å². The molecule has 2 aliphatic rings. The van der Waals surface area contributed by atoms with Crippen LogP contribution in [0.5, 0.6) is 0 Å². The maximum absolute atomic E-state index is 4.46. The fourth-order valence-corrected chi connectivity index (χ4v) is 3.94. The van der Waals surface area contributed by atoms with E-state index in [1.54, 1.807) is 11.1 Å². The zero-order chi connectivity index (χ0) is 16.8. The maximum Gasteiger partial charge on any atom is -0.0122 e. The van der Waals surface area contributed by atoms with E-state index in [0.29, 0.717) is 17.8 Å². The van der Waals surface area contributed by atoms with Gasteiger partial charge in [0.05, 0.1) is 0 Å². The van der Waals surface area contributed by atoms with Crippen LogP contribution in [0.4, 0.5) is 0 Å². The van der Waals surface area contributed by atoms with E-state index in [1.165, 1.54) is 43.3 Å². The fraction of sp³-hybridized carbons (Fsp3) is 0.565. The SMILES string of the molecule is C=CCC(C=C(CC1CCC2=C(C=CC2)C1=C)C(C)CC)CC. The van der Waals surface area contributed by atoms with E-state index in [2.05, 4.69) is 58.2 Å². The molecule has 3 unspecified atom stereocenters. The van der Waals surface area contributed by atoms with Crippen LogP contribution in [0, 0.1) is 17.8 Å². The highest BCUT2D eigenvalue weighted by Gasteiger charge is 2.26. The third kappa shape index (κ3) is 4.37. The lowest BCUT2D eigenvalue weighted by Gasteiger charge is -2.29. The van der Waals surface area contributed by atoms with Gasteiger partial charge in [0.15, 0.2) is 0 Å². The van der Waals surface area contributed by atoms with E-state index in [9.17, 15) is 0 Å². The van der Waals surface area contributed by atoms with Gasteiger partial charge in [0.25, 0.3) is 0 Å². The topological polar surface area (TPSA) is 0 Å². The molecule has 0 nitrogen and oxygen atoms in total. The van der Waals surface area contributed by atoms with Crippen molar-refractivity contribution in [3.05, 3.63) is 59.8 Å². The second-order valence-corrected chi connectivity index (χ2v) is 7.33. The van der Waals surface area contributed by atoms with Crippen LogP contribution < -0.4 is 0 Å². The lowest BCUT2D eigenvalue weighted by Crippen LogP contribution is -2.15. The van der Waals surface area contributed by atoms with E-state index in [-0.39, 0.29) is 0 Å². The van der Waals surface area contributed by atoms with Gasteiger partial charge in [0.1, 0.15) is 0 Å². The summed E-state index contributed by atoms with van der Waals surface area (Å²) in [4.78, 5) is 0. The molecule has 2 rings (SSSR count). The Morgan fingerprint density at radius 3 is 2.78 bits per heavy atom. The summed E-state index contributed by atoms with van der Waals surface area (Å²) in [5, 5.41) is 0. The van der Waals surface area contributed by atoms with Gasteiger partial charge >= 0.3 is 0 Å². The molecular formula is C23H34.